The molecule has 0 unspecified atom stereocenters. The Hall–Kier alpha value is -1.72. The normalized spacial score (nSPS) is 11.4. The van der Waals surface area contributed by atoms with Gasteiger partial charge < -0.3 is 9.47 Å². The summed E-state index contributed by atoms with van der Waals surface area (Å²) in [5.74, 6) is -0.381. The SMILES string of the molecule is CC(C)OC(=O)COc1ccc(C(F)(F)F)cc1. The minimum absolute atomic E-state index is 0.184. The first-order valence-electron chi connectivity index (χ1n) is 5.28. The van der Waals surface area contributed by atoms with Gasteiger partial charge in [-0.3, -0.25) is 0 Å². The Bertz CT molecular complexity index is 396. The molecular weight excluding hydrogens is 249 g/mol. The summed E-state index contributed by atoms with van der Waals surface area (Å²) in [7, 11) is 0. The molecule has 6 heteroatoms. The molecule has 1 rings (SSSR count). The van der Waals surface area contributed by atoms with Crippen LogP contribution in [0.25, 0.3) is 0 Å². The number of alkyl halides is 3. The van der Waals surface area contributed by atoms with Crippen LogP contribution in [0, 0.1) is 0 Å². The number of rotatable bonds is 4. The predicted octanol–water partition coefficient (Wildman–Crippen LogP) is 3.04. The van der Waals surface area contributed by atoms with Crippen molar-refractivity contribution in [2.45, 2.75) is 26.1 Å². The highest BCUT2D eigenvalue weighted by molar-refractivity contribution is 5.71. The second-order valence-corrected chi connectivity index (χ2v) is 3.85. The zero-order valence-electron chi connectivity index (χ0n) is 9.95. The topological polar surface area (TPSA) is 35.5 Å². The monoisotopic (exact) mass is 262 g/mol. The van der Waals surface area contributed by atoms with E-state index in [2.05, 4.69) is 0 Å². The molecule has 1 aromatic carbocycles. The van der Waals surface area contributed by atoms with Crippen molar-refractivity contribution in [1.29, 1.82) is 0 Å². The van der Waals surface area contributed by atoms with Crippen molar-refractivity contribution in [1.82, 2.24) is 0 Å². The number of carbonyl (C=O) groups is 1. The number of esters is 1. The second-order valence-electron chi connectivity index (χ2n) is 3.85. The average molecular weight is 262 g/mol. The van der Waals surface area contributed by atoms with E-state index in [1.54, 1.807) is 13.8 Å². The summed E-state index contributed by atoms with van der Waals surface area (Å²) >= 11 is 0. The average Bonchev–Trinajstić information content (AvgIpc) is 2.25. The summed E-state index contributed by atoms with van der Waals surface area (Å²) in [6, 6.07) is 4.10. The van der Waals surface area contributed by atoms with Gasteiger partial charge in [0.2, 0.25) is 0 Å². The molecule has 0 saturated heterocycles. The Kier molecular flexibility index (Phi) is 4.58. The third-order valence-corrected chi connectivity index (χ3v) is 1.91. The maximum atomic E-state index is 12.3. The first-order chi connectivity index (χ1) is 8.29. The molecule has 0 N–H and O–H groups in total. The van der Waals surface area contributed by atoms with Gasteiger partial charge in [0.1, 0.15) is 5.75 Å². The van der Waals surface area contributed by atoms with Crippen LogP contribution in [0.5, 0.6) is 5.75 Å². The zero-order chi connectivity index (χ0) is 13.8. The third-order valence-electron chi connectivity index (χ3n) is 1.91. The molecule has 0 radical (unpaired) electrons. The van der Waals surface area contributed by atoms with Crippen LogP contribution < -0.4 is 4.74 Å². The largest absolute Gasteiger partial charge is 0.482 e. The van der Waals surface area contributed by atoms with Crippen molar-refractivity contribution < 1.29 is 27.4 Å². The van der Waals surface area contributed by atoms with E-state index in [1.165, 1.54) is 0 Å². The fourth-order valence-electron chi connectivity index (χ4n) is 1.18. The van der Waals surface area contributed by atoms with Crippen molar-refractivity contribution >= 4 is 5.97 Å². The lowest BCUT2D eigenvalue weighted by molar-refractivity contribution is -0.149. The molecule has 0 heterocycles. The lowest BCUT2D eigenvalue weighted by Gasteiger charge is -2.10. The highest BCUT2D eigenvalue weighted by Crippen LogP contribution is 2.30. The molecule has 3 nitrogen and oxygen atoms in total. The summed E-state index contributed by atoms with van der Waals surface area (Å²) in [6.45, 7) is 3.05. The maximum Gasteiger partial charge on any atom is 0.416 e. The van der Waals surface area contributed by atoms with E-state index >= 15 is 0 Å². The Morgan fingerprint density at radius 2 is 1.78 bits per heavy atom. The lowest BCUT2D eigenvalue weighted by Crippen LogP contribution is -2.18. The first kappa shape index (κ1) is 14.3. The molecule has 0 fully saturated rings. The highest BCUT2D eigenvalue weighted by Gasteiger charge is 2.30. The van der Waals surface area contributed by atoms with Crippen LogP contribution in [0.4, 0.5) is 13.2 Å². The van der Waals surface area contributed by atoms with Crippen LogP contribution in [0.3, 0.4) is 0 Å². The molecule has 0 aliphatic carbocycles. The van der Waals surface area contributed by atoms with Gasteiger partial charge in [-0.05, 0) is 38.1 Å². The molecule has 0 amide bonds. The Labute approximate surface area is 103 Å². The lowest BCUT2D eigenvalue weighted by atomic mass is 10.2. The van der Waals surface area contributed by atoms with Gasteiger partial charge in [0.05, 0.1) is 11.7 Å². The first-order valence-corrected chi connectivity index (χ1v) is 5.28. The molecule has 0 aliphatic rings. The summed E-state index contributed by atoms with van der Waals surface area (Å²) in [4.78, 5) is 11.1. The number of hydrogen-bond donors (Lipinski definition) is 0. The zero-order valence-corrected chi connectivity index (χ0v) is 9.95. The van der Waals surface area contributed by atoms with Gasteiger partial charge in [-0.15, -0.1) is 0 Å². The maximum absolute atomic E-state index is 12.3. The van der Waals surface area contributed by atoms with Gasteiger partial charge >= 0.3 is 12.1 Å². The van der Waals surface area contributed by atoms with Crippen LogP contribution in [0.2, 0.25) is 0 Å². The van der Waals surface area contributed by atoms with Crippen LogP contribution in [-0.2, 0) is 15.7 Å². The van der Waals surface area contributed by atoms with Crippen molar-refractivity contribution in [2.75, 3.05) is 6.61 Å². The predicted molar refractivity (Wildman–Crippen MR) is 58.2 cm³/mol. The quantitative estimate of drug-likeness (QED) is 0.782. The number of carbonyl (C=O) groups excluding carboxylic acids is 1. The fourth-order valence-corrected chi connectivity index (χ4v) is 1.18. The molecule has 0 atom stereocenters. The summed E-state index contributed by atoms with van der Waals surface area (Å²) in [6.07, 6.45) is -4.64. The van der Waals surface area contributed by atoms with Crippen molar-refractivity contribution in [3.05, 3.63) is 29.8 Å². The number of hydrogen-bond acceptors (Lipinski definition) is 3. The Morgan fingerprint density at radius 3 is 2.22 bits per heavy atom. The van der Waals surface area contributed by atoms with Crippen LogP contribution in [0.1, 0.15) is 19.4 Å². The van der Waals surface area contributed by atoms with E-state index in [0.717, 1.165) is 24.3 Å². The van der Waals surface area contributed by atoms with E-state index in [4.69, 9.17) is 9.47 Å². The Morgan fingerprint density at radius 1 is 1.22 bits per heavy atom. The van der Waals surface area contributed by atoms with E-state index in [1.807, 2.05) is 0 Å². The molecule has 100 valence electrons. The van der Waals surface area contributed by atoms with Gasteiger partial charge in [-0.1, -0.05) is 0 Å². The summed E-state index contributed by atoms with van der Waals surface area (Å²) in [5.41, 5.74) is -0.764. The molecule has 18 heavy (non-hydrogen) atoms. The summed E-state index contributed by atoms with van der Waals surface area (Å²) in [5, 5.41) is 0. The van der Waals surface area contributed by atoms with Crippen molar-refractivity contribution in [3.8, 4) is 5.75 Å². The van der Waals surface area contributed by atoms with E-state index in [-0.39, 0.29) is 18.5 Å². The number of benzene rings is 1. The van der Waals surface area contributed by atoms with E-state index < -0.39 is 17.7 Å². The molecule has 1 aromatic rings. The van der Waals surface area contributed by atoms with E-state index in [0.29, 0.717) is 0 Å². The minimum Gasteiger partial charge on any atom is -0.482 e. The molecule has 0 aliphatic heterocycles. The number of ether oxygens (including phenoxy) is 2. The van der Waals surface area contributed by atoms with Gasteiger partial charge in [0, 0.05) is 0 Å². The van der Waals surface area contributed by atoms with Crippen LogP contribution >= 0.6 is 0 Å². The van der Waals surface area contributed by atoms with Crippen molar-refractivity contribution in [2.24, 2.45) is 0 Å². The van der Waals surface area contributed by atoms with Crippen LogP contribution in [0.15, 0.2) is 24.3 Å². The molecular formula is C12H13F3O3. The third kappa shape index (κ3) is 4.65. The molecule has 0 bridgehead atoms. The standard InChI is InChI=1S/C12H13F3O3/c1-8(2)18-11(16)7-17-10-5-3-9(4-6-10)12(13,14)15/h3-6,8H,7H2,1-2H3. The molecule has 0 saturated carbocycles. The van der Waals surface area contributed by atoms with Gasteiger partial charge in [0.25, 0.3) is 0 Å². The fraction of sp³-hybridized carbons (Fsp3) is 0.417. The van der Waals surface area contributed by atoms with Gasteiger partial charge in [0.15, 0.2) is 6.61 Å². The number of halogens is 3. The summed E-state index contributed by atoms with van der Waals surface area (Å²) < 4.78 is 46.6. The van der Waals surface area contributed by atoms with Crippen LogP contribution in [-0.4, -0.2) is 18.7 Å². The smallest absolute Gasteiger partial charge is 0.416 e. The van der Waals surface area contributed by atoms with E-state index in [9.17, 15) is 18.0 Å². The van der Waals surface area contributed by atoms with Gasteiger partial charge in [-0.2, -0.15) is 13.2 Å². The van der Waals surface area contributed by atoms with Gasteiger partial charge in [-0.25, -0.2) is 4.79 Å². The molecule has 0 spiro atoms. The van der Waals surface area contributed by atoms with Crippen molar-refractivity contribution in [3.63, 3.8) is 0 Å². The second kappa shape index (κ2) is 5.75. The minimum atomic E-state index is -4.38. The highest BCUT2D eigenvalue weighted by atomic mass is 19.4. The molecule has 0 aromatic heterocycles. The Balaban J connectivity index is 2.52.